The molecule has 0 fully saturated rings. The lowest BCUT2D eigenvalue weighted by atomic mass is 10.1. The highest BCUT2D eigenvalue weighted by Gasteiger charge is 2.46. The maximum Gasteiger partial charge on any atom is 0.379 e. The first-order valence-corrected chi connectivity index (χ1v) is 4.87. The molecule has 0 aliphatic carbocycles. The number of alkyl halides is 2. The van der Waals surface area contributed by atoms with Gasteiger partial charge < -0.3 is 9.84 Å². The van der Waals surface area contributed by atoms with Crippen LogP contribution >= 0.6 is 0 Å². The monoisotopic (exact) mass is 256 g/mol. The quantitative estimate of drug-likeness (QED) is 0.646. The number of benzene rings is 1. The predicted molar refractivity (Wildman–Crippen MR) is 58.0 cm³/mol. The molecule has 0 spiro atoms. The molecule has 0 bridgehead atoms. The zero-order chi connectivity index (χ0) is 13.8. The summed E-state index contributed by atoms with van der Waals surface area (Å²) in [5.74, 6) is -8.20. The van der Waals surface area contributed by atoms with E-state index in [4.69, 9.17) is 5.11 Å². The van der Waals surface area contributed by atoms with Gasteiger partial charge >= 0.3 is 17.9 Å². The molecule has 0 saturated carbocycles. The minimum absolute atomic E-state index is 0.228. The number of rotatable bonds is 5. The normalized spacial score (nSPS) is 10.8. The van der Waals surface area contributed by atoms with E-state index < -0.39 is 23.4 Å². The molecule has 6 heteroatoms. The average molecular weight is 256 g/mol. The van der Waals surface area contributed by atoms with Crippen molar-refractivity contribution >= 4 is 11.9 Å². The van der Waals surface area contributed by atoms with Crippen LogP contribution in [0.25, 0.3) is 0 Å². The van der Waals surface area contributed by atoms with E-state index in [0.717, 1.165) is 0 Å². The largest absolute Gasteiger partial charge is 0.477 e. The summed E-state index contributed by atoms with van der Waals surface area (Å²) >= 11 is 0. The minimum atomic E-state index is -4.33. The van der Waals surface area contributed by atoms with Crippen LogP contribution in [0.3, 0.4) is 0 Å². The van der Waals surface area contributed by atoms with Gasteiger partial charge in [0, 0.05) is 0 Å². The maximum atomic E-state index is 12.9. The molecule has 0 amide bonds. The van der Waals surface area contributed by atoms with E-state index in [1.807, 2.05) is 0 Å². The Morgan fingerprint density at radius 2 is 1.83 bits per heavy atom. The summed E-state index contributed by atoms with van der Waals surface area (Å²) in [5, 5.41) is 8.23. The third-order valence-electron chi connectivity index (χ3n) is 2.11. The van der Waals surface area contributed by atoms with E-state index >= 15 is 0 Å². The molecular weight excluding hydrogens is 246 g/mol. The molecular formula is C12H10F2O4. The lowest BCUT2D eigenvalue weighted by Gasteiger charge is -2.13. The fourth-order valence-corrected chi connectivity index (χ4v) is 1.07. The van der Waals surface area contributed by atoms with Crippen LogP contribution in [0.5, 0.6) is 0 Å². The van der Waals surface area contributed by atoms with Gasteiger partial charge in [0.25, 0.3) is 0 Å². The van der Waals surface area contributed by atoms with Gasteiger partial charge in [-0.15, -0.1) is 0 Å². The molecule has 4 nitrogen and oxygen atoms in total. The summed E-state index contributed by atoms with van der Waals surface area (Å²) in [6.07, 6.45) is 0. The van der Waals surface area contributed by atoms with Crippen LogP contribution < -0.4 is 0 Å². The molecule has 1 N–H and O–H groups in total. The summed E-state index contributed by atoms with van der Waals surface area (Å²) in [4.78, 5) is 21.4. The fourth-order valence-electron chi connectivity index (χ4n) is 1.07. The van der Waals surface area contributed by atoms with Gasteiger partial charge in [0.2, 0.25) is 0 Å². The third kappa shape index (κ3) is 3.13. The van der Waals surface area contributed by atoms with Crippen LogP contribution in [0.2, 0.25) is 0 Å². The molecule has 1 aromatic carbocycles. The molecule has 0 aliphatic heterocycles. The van der Waals surface area contributed by atoms with Gasteiger partial charge in [0.15, 0.2) is 0 Å². The number of carbonyl (C=O) groups excluding carboxylic acids is 1. The predicted octanol–water partition coefficient (Wildman–Crippen LogP) is 2.01. The molecule has 1 rings (SSSR count). The Bertz CT molecular complexity index is 468. The van der Waals surface area contributed by atoms with Crippen molar-refractivity contribution < 1.29 is 28.2 Å². The van der Waals surface area contributed by atoms with Gasteiger partial charge in [-0.2, -0.15) is 8.78 Å². The zero-order valence-corrected chi connectivity index (χ0v) is 9.23. The number of hydrogen-bond donors (Lipinski definition) is 1. The van der Waals surface area contributed by atoms with Crippen molar-refractivity contribution in [1.29, 1.82) is 0 Å². The lowest BCUT2D eigenvalue weighted by Crippen LogP contribution is -2.34. The van der Waals surface area contributed by atoms with Crippen LogP contribution in [0, 0.1) is 0 Å². The number of carboxylic acid groups (broad SMARTS) is 1. The second kappa shape index (κ2) is 5.39. The highest BCUT2D eigenvalue weighted by atomic mass is 19.3. The van der Waals surface area contributed by atoms with Crippen molar-refractivity contribution in [1.82, 2.24) is 0 Å². The van der Waals surface area contributed by atoms with Gasteiger partial charge in [-0.3, -0.25) is 0 Å². The standard InChI is InChI=1S/C12H10F2O4/c1-8(12(13,14)11(16)17)10(15)18-7-9-5-3-2-4-6-9/h2-6H,1,7H2,(H,16,17). The number of hydrogen-bond acceptors (Lipinski definition) is 3. The molecule has 0 atom stereocenters. The number of aliphatic carboxylic acids is 1. The van der Waals surface area contributed by atoms with E-state index in [-0.39, 0.29) is 6.61 Å². The van der Waals surface area contributed by atoms with Gasteiger partial charge in [-0.1, -0.05) is 36.9 Å². The van der Waals surface area contributed by atoms with E-state index in [9.17, 15) is 18.4 Å². The smallest absolute Gasteiger partial charge is 0.379 e. The number of halogens is 2. The third-order valence-corrected chi connectivity index (χ3v) is 2.11. The van der Waals surface area contributed by atoms with E-state index in [2.05, 4.69) is 11.3 Å². The lowest BCUT2D eigenvalue weighted by molar-refractivity contribution is -0.164. The van der Waals surface area contributed by atoms with Crippen LogP contribution in [0.1, 0.15) is 5.56 Å². The van der Waals surface area contributed by atoms with Gasteiger partial charge in [-0.25, -0.2) is 9.59 Å². The summed E-state index contributed by atoms with van der Waals surface area (Å²) in [6, 6.07) is 8.37. The first-order chi connectivity index (χ1) is 8.35. The summed E-state index contributed by atoms with van der Waals surface area (Å²) in [7, 11) is 0. The maximum absolute atomic E-state index is 12.9. The van der Waals surface area contributed by atoms with Crippen LogP contribution in [0.15, 0.2) is 42.5 Å². The highest BCUT2D eigenvalue weighted by molar-refractivity contribution is 5.97. The van der Waals surface area contributed by atoms with Crippen LogP contribution in [-0.4, -0.2) is 23.0 Å². The summed E-state index contributed by atoms with van der Waals surface area (Å²) in [5.41, 5.74) is -0.803. The van der Waals surface area contributed by atoms with E-state index in [0.29, 0.717) is 5.56 Å². The Kier molecular flexibility index (Phi) is 4.14. The molecule has 0 aromatic heterocycles. The molecule has 18 heavy (non-hydrogen) atoms. The first-order valence-electron chi connectivity index (χ1n) is 4.87. The second-order valence-corrected chi connectivity index (χ2v) is 3.42. The molecule has 0 saturated heterocycles. The Morgan fingerprint density at radius 1 is 1.28 bits per heavy atom. The number of carboxylic acids is 1. The van der Waals surface area contributed by atoms with Crippen LogP contribution in [-0.2, 0) is 20.9 Å². The molecule has 0 radical (unpaired) electrons. The SMILES string of the molecule is C=C(C(=O)OCc1ccccc1)C(F)(F)C(=O)O. The Balaban J connectivity index is 2.62. The van der Waals surface area contributed by atoms with Gasteiger partial charge in [0.05, 0.1) is 0 Å². The summed E-state index contributed by atoms with van der Waals surface area (Å²) < 4.78 is 30.4. The first kappa shape index (κ1) is 13.8. The Hall–Kier alpha value is -2.24. The number of carbonyl (C=O) groups is 2. The van der Waals surface area contributed by atoms with Gasteiger partial charge in [-0.05, 0) is 5.56 Å². The molecule has 1 aromatic rings. The molecule has 96 valence electrons. The zero-order valence-electron chi connectivity index (χ0n) is 9.23. The van der Waals surface area contributed by atoms with Crippen LogP contribution in [0.4, 0.5) is 8.78 Å². The average Bonchev–Trinajstić information content (AvgIpc) is 2.36. The van der Waals surface area contributed by atoms with Crippen molar-refractivity contribution in [3.05, 3.63) is 48.0 Å². The second-order valence-electron chi connectivity index (χ2n) is 3.42. The highest BCUT2D eigenvalue weighted by Crippen LogP contribution is 2.24. The van der Waals surface area contributed by atoms with Gasteiger partial charge in [0.1, 0.15) is 12.2 Å². The van der Waals surface area contributed by atoms with E-state index in [1.165, 1.54) is 0 Å². The molecule has 0 aliphatic rings. The Morgan fingerprint density at radius 3 is 2.33 bits per heavy atom. The molecule has 0 heterocycles. The Labute approximate surface area is 101 Å². The number of ether oxygens (including phenoxy) is 1. The molecule has 0 unspecified atom stereocenters. The fraction of sp³-hybridized carbons (Fsp3) is 0.167. The van der Waals surface area contributed by atoms with Crippen molar-refractivity contribution in [2.45, 2.75) is 12.5 Å². The topological polar surface area (TPSA) is 63.6 Å². The van der Waals surface area contributed by atoms with Crippen molar-refractivity contribution in [2.24, 2.45) is 0 Å². The summed E-state index contributed by atoms with van der Waals surface area (Å²) in [6.45, 7) is 2.53. The van der Waals surface area contributed by atoms with Crippen molar-refractivity contribution in [3.8, 4) is 0 Å². The minimum Gasteiger partial charge on any atom is -0.477 e. The van der Waals surface area contributed by atoms with E-state index in [1.54, 1.807) is 30.3 Å². The number of esters is 1. The van der Waals surface area contributed by atoms with Crippen molar-refractivity contribution in [2.75, 3.05) is 0 Å². The van der Waals surface area contributed by atoms with Crippen molar-refractivity contribution in [3.63, 3.8) is 0 Å².